The van der Waals surface area contributed by atoms with E-state index in [-0.39, 0.29) is 11.3 Å². The zero-order chi connectivity index (χ0) is 11.6. The molecule has 0 bridgehead atoms. The zero-order valence-electron chi connectivity index (χ0n) is 7.14. The molecule has 0 atom stereocenters. The number of hydrogen-bond acceptors (Lipinski definition) is 3. The van der Waals surface area contributed by atoms with Crippen molar-refractivity contribution < 1.29 is 22.7 Å². The predicted octanol–water partition coefficient (Wildman–Crippen LogP) is 2.55. The minimum Gasteiger partial charge on any atom is -0.406 e. The number of alkyl halides is 3. The van der Waals surface area contributed by atoms with Crippen molar-refractivity contribution in [3.05, 3.63) is 23.8 Å². The fraction of sp³-hybridized carbons (Fsp3) is 0.125. The predicted molar refractivity (Wildman–Crippen MR) is 47.7 cm³/mol. The lowest BCUT2D eigenvalue weighted by Gasteiger charge is -2.09. The lowest BCUT2D eigenvalue weighted by Crippen LogP contribution is -2.17. The summed E-state index contributed by atoms with van der Waals surface area (Å²) in [6, 6.07) is 2.90. The molecule has 0 fully saturated rings. The number of nitrogen functional groups attached to an aromatic ring is 1. The molecule has 0 aromatic heterocycles. The van der Waals surface area contributed by atoms with Crippen LogP contribution in [0.25, 0.3) is 0 Å². The summed E-state index contributed by atoms with van der Waals surface area (Å²) < 4.78 is 38.9. The standard InChI is InChI=1S/C8H5ClF3NO2/c9-7(14)5-2-1-4(3-6(5)13)15-8(10,11)12/h1-3H,13H2. The summed E-state index contributed by atoms with van der Waals surface area (Å²) in [6.45, 7) is 0. The second-order valence-electron chi connectivity index (χ2n) is 2.57. The Balaban J connectivity index is 2.97. The number of anilines is 1. The normalized spacial score (nSPS) is 11.2. The molecule has 1 aromatic carbocycles. The van der Waals surface area contributed by atoms with E-state index in [0.29, 0.717) is 0 Å². The van der Waals surface area contributed by atoms with Crippen LogP contribution in [0.5, 0.6) is 5.75 Å². The molecule has 0 amide bonds. The molecule has 15 heavy (non-hydrogen) atoms. The molecule has 2 N–H and O–H groups in total. The fourth-order valence-electron chi connectivity index (χ4n) is 0.917. The molecule has 82 valence electrons. The van der Waals surface area contributed by atoms with Crippen LogP contribution >= 0.6 is 11.6 Å². The van der Waals surface area contributed by atoms with Crippen LogP contribution in [0.2, 0.25) is 0 Å². The van der Waals surface area contributed by atoms with Crippen molar-refractivity contribution in [2.75, 3.05) is 5.73 Å². The first-order valence-corrected chi connectivity index (χ1v) is 4.02. The average Bonchev–Trinajstić information content (AvgIpc) is 1.99. The van der Waals surface area contributed by atoms with Crippen LogP contribution in [0.1, 0.15) is 10.4 Å². The third kappa shape index (κ3) is 3.32. The van der Waals surface area contributed by atoms with Crippen molar-refractivity contribution in [3.8, 4) is 5.75 Å². The third-order valence-electron chi connectivity index (χ3n) is 1.47. The first kappa shape index (κ1) is 11.6. The van der Waals surface area contributed by atoms with Crippen LogP contribution in [-0.4, -0.2) is 11.6 Å². The van der Waals surface area contributed by atoms with Gasteiger partial charge in [0.05, 0.1) is 5.56 Å². The van der Waals surface area contributed by atoms with E-state index in [1.54, 1.807) is 0 Å². The molecule has 7 heteroatoms. The highest BCUT2D eigenvalue weighted by Gasteiger charge is 2.31. The Bertz CT molecular complexity index is 392. The van der Waals surface area contributed by atoms with Gasteiger partial charge in [0.15, 0.2) is 0 Å². The average molecular weight is 240 g/mol. The number of nitrogens with two attached hydrogens (primary N) is 1. The van der Waals surface area contributed by atoms with Crippen molar-refractivity contribution in [1.29, 1.82) is 0 Å². The first-order valence-electron chi connectivity index (χ1n) is 3.65. The van der Waals surface area contributed by atoms with Gasteiger partial charge in [0.2, 0.25) is 0 Å². The van der Waals surface area contributed by atoms with Gasteiger partial charge in [-0.1, -0.05) is 0 Å². The Morgan fingerprint density at radius 2 is 2.00 bits per heavy atom. The van der Waals surface area contributed by atoms with Crippen LogP contribution in [0.3, 0.4) is 0 Å². The van der Waals surface area contributed by atoms with Gasteiger partial charge < -0.3 is 10.5 Å². The van der Waals surface area contributed by atoms with Crippen LogP contribution in [0, 0.1) is 0 Å². The smallest absolute Gasteiger partial charge is 0.406 e. The largest absolute Gasteiger partial charge is 0.573 e. The van der Waals surface area contributed by atoms with Crippen molar-refractivity contribution in [3.63, 3.8) is 0 Å². The molecule has 0 aliphatic carbocycles. The first-order chi connectivity index (χ1) is 6.79. The van der Waals surface area contributed by atoms with E-state index in [9.17, 15) is 18.0 Å². The number of hydrogen-bond donors (Lipinski definition) is 1. The number of rotatable bonds is 2. The molecule has 0 aliphatic rings. The number of carbonyl (C=O) groups is 1. The summed E-state index contributed by atoms with van der Waals surface area (Å²) in [5.74, 6) is -0.498. The highest BCUT2D eigenvalue weighted by molar-refractivity contribution is 6.68. The molecular weight excluding hydrogens is 235 g/mol. The molecule has 1 aromatic rings. The maximum atomic E-state index is 11.8. The van der Waals surface area contributed by atoms with Gasteiger partial charge in [-0.3, -0.25) is 4.79 Å². The summed E-state index contributed by atoms with van der Waals surface area (Å²) in [5.41, 5.74) is 5.06. The second-order valence-corrected chi connectivity index (χ2v) is 2.91. The quantitative estimate of drug-likeness (QED) is 0.637. The van der Waals surface area contributed by atoms with Crippen molar-refractivity contribution >= 4 is 22.5 Å². The molecular formula is C8H5ClF3NO2. The fourth-order valence-corrected chi connectivity index (χ4v) is 1.09. The van der Waals surface area contributed by atoms with E-state index in [2.05, 4.69) is 4.74 Å². The van der Waals surface area contributed by atoms with Gasteiger partial charge in [-0.05, 0) is 23.7 Å². The summed E-state index contributed by atoms with van der Waals surface area (Å²) in [4.78, 5) is 10.7. The molecule has 0 spiro atoms. The number of halogens is 4. The summed E-state index contributed by atoms with van der Waals surface area (Å²) >= 11 is 5.11. The highest BCUT2D eigenvalue weighted by Crippen LogP contribution is 2.26. The van der Waals surface area contributed by atoms with Gasteiger partial charge in [-0.25, -0.2) is 0 Å². The third-order valence-corrected chi connectivity index (χ3v) is 1.67. The SMILES string of the molecule is Nc1cc(OC(F)(F)F)ccc1C(=O)Cl. The second kappa shape index (κ2) is 3.98. The lowest BCUT2D eigenvalue weighted by molar-refractivity contribution is -0.274. The Morgan fingerprint density at radius 3 is 2.40 bits per heavy atom. The topological polar surface area (TPSA) is 52.3 Å². The maximum absolute atomic E-state index is 11.8. The summed E-state index contributed by atoms with van der Waals surface area (Å²) in [7, 11) is 0. The van der Waals surface area contributed by atoms with Crippen molar-refractivity contribution in [2.24, 2.45) is 0 Å². The zero-order valence-corrected chi connectivity index (χ0v) is 7.89. The molecule has 0 aliphatic heterocycles. The lowest BCUT2D eigenvalue weighted by atomic mass is 10.2. The van der Waals surface area contributed by atoms with E-state index in [1.807, 2.05) is 0 Å². The Labute approximate surface area is 87.6 Å². The van der Waals surface area contributed by atoms with Gasteiger partial charge in [-0.2, -0.15) is 0 Å². The van der Waals surface area contributed by atoms with E-state index in [4.69, 9.17) is 17.3 Å². The van der Waals surface area contributed by atoms with Crippen LogP contribution < -0.4 is 10.5 Å². The highest BCUT2D eigenvalue weighted by atomic mass is 35.5. The van der Waals surface area contributed by atoms with E-state index in [1.165, 1.54) is 0 Å². The van der Waals surface area contributed by atoms with E-state index in [0.717, 1.165) is 18.2 Å². The van der Waals surface area contributed by atoms with Crippen LogP contribution in [0.4, 0.5) is 18.9 Å². The van der Waals surface area contributed by atoms with Crippen LogP contribution in [0.15, 0.2) is 18.2 Å². The van der Waals surface area contributed by atoms with E-state index < -0.39 is 17.4 Å². The molecule has 3 nitrogen and oxygen atoms in total. The van der Waals surface area contributed by atoms with Gasteiger partial charge >= 0.3 is 6.36 Å². The van der Waals surface area contributed by atoms with Gasteiger partial charge in [0, 0.05) is 11.8 Å². The molecule has 0 radical (unpaired) electrons. The van der Waals surface area contributed by atoms with E-state index >= 15 is 0 Å². The van der Waals surface area contributed by atoms with Gasteiger partial charge in [0.1, 0.15) is 5.75 Å². The number of ether oxygens (including phenoxy) is 1. The number of benzene rings is 1. The monoisotopic (exact) mass is 239 g/mol. The summed E-state index contributed by atoms with van der Waals surface area (Å²) in [5, 5.41) is -0.842. The Hall–Kier alpha value is -1.43. The molecule has 0 unspecified atom stereocenters. The minimum atomic E-state index is -4.79. The van der Waals surface area contributed by atoms with Gasteiger partial charge in [-0.15, -0.1) is 13.2 Å². The summed E-state index contributed by atoms with van der Waals surface area (Å²) in [6.07, 6.45) is -4.79. The molecule has 0 saturated carbocycles. The van der Waals surface area contributed by atoms with Gasteiger partial charge in [0.25, 0.3) is 5.24 Å². The molecule has 1 rings (SSSR count). The Kier molecular flexibility index (Phi) is 3.09. The van der Waals surface area contributed by atoms with Crippen molar-refractivity contribution in [1.82, 2.24) is 0 Å². The molecule has 0 heterocycles. The van der Waals surface area contributed by atoms with Crippen molar-refractivity contribution in [2.45, 2.75) is 6.36 Å². The number of carbonyl (C=O) groups excluding carboxylic acids is 1. The minimum absolute atomic E-state index is 0.0637. The molecule has 0 saturated heterocycles. The van der Waals surface area contributed by atoms with Crippen LogP contribution in [-0.2, 0) is 0 Å². The maximum Gasteiger partial charge on any atom is 0.573 e. The Morgan fingerprint density at radius 1 is 1.40 bits per heavy atom.